The van der Waals surface area contributed by atoms with Crippen molar-refractivity contribution in [2.45, 2.75) is 31.6 Å². The molecule has 1 atom stereocenters. The second kappa shape index (κ2) is 7.04. The molecular formula is C8H16N2O2. The summed E-state index contributed by atoms with van der Waals surface area (Å²) in [6, 6.07) is 1.61. The summed E-state index contributed by atoms with van der Waals surface area (Å²) in [5.41, 5.74) is 5.40. The molecule has 0 aromatic heterocycles. The molecule has 4 heteroatoms. The second-order valence-electron chi connectivity index (χ2n) is 2.57. The van der Waals surface area contributed by atoms with E-state index in [2.05, 4.69) is 0 Å². The van der Waals surface area contributed by atoms with Crippen molar-refractivity contribution < 1.29 is 9.47 Å². The first-order valence-electron chi connectivity index (χ1n) is 3.95. The Bertz CT molecular complexity index is 140. The number of rotatable bonds is 6. The van der Waals surface area contributed by atoms with Gasteiger partial charge in [-0.1, -0.05) is 0 Å². The highest BCUT2D eigenvalue weighted by molar-refractivity contribution is 4.85. The molecule has 0 aromatic rings. The van der Waals surface area contributed by atoms with Gasteiger partial charge in [0.05, 0.1) is 12.1 Å². The van der Waals surface area contributed by atoms with Gasteiger partial charge in [-0.15, -0.1) is 0 Å². The van der Waals surface area contributed by atoms with Crippen LogP contribution in [-0.4, -0.2) is 26.6 Å². The molecule has 70 valence electrons. The summed E-state index contributed by atoms with van der Waals surface area (Å²) in [5, 5.41) is 8.38. The van der Waals surface area contributed by atoms with Crippen molar-refractivity contribution in [3.8, 4) is 6.07 Å². The molecule has 0 saturated carbocycles. The van der Waals surface area contributed by atoms with Crippen molar-refractivity contribution in [3.63, 3.8) is 0 Å². The molecule has 0 radical (unpaired) electrons. The fourth-order valence-electron chi connectivity index (χ4n) is 0.901. The van der Waals surface area contributed by atoms with E-state index in [0.29, 0.717) is 6.42 Å². The van der Waals surface area contributed by atoms with Crippen LogP contribution in [0.4, 0.5) is 0 Å². The Balaban J connectivity index is 3.36. The van der Waals surface area contributed by atoms with Crippen LogP contribution in [0, 0.1) is 11.3 Å². The van der Waals surface area contributed by atoms with Gasteiger partial charge in [-0.25, -0.2) is 0 Å². The van der Waals surface area contributed by atoms with E-state index in [0.717, 1.165) is 12.8 Å². The molecule has 0 bridgehead atoms. The molecule has 0 fully saturated rings. The van der Waals surface area contributed by atoms with E-state index in [4.69, 9.17) is 20.5 Å². The quantitative estimate of drug-likeness (QED) is 0.596. The third kappa shape index (κ3) is 5.08. The maximum Gasteiger partial charge on any atom is 0.156 e. The van der Waals surface area contributed by atoms with Crippen molar-refractivity contribution in [1.29, 1.82) is 5.26 Å². The zero-order chi connectivity index (χ0) is 9.40. The van der Waals surface area contributed by atoms with Crippen LogP contribution in [0.3, 0.4) is 0 Å². The summed E-state index contributed by atoms with van der Waals surface area (Å²) in [4.78, 5) is 0. The van der Waals surface area contributed by atoms with Crippen LogP contribution in [0.5, 0.6) is 0 Å². The predicted molar refractivity (Wildman–Crippen MR) is 45.2 cm³/mol. The lowest BCUT2D eigenvalue weighted by atomic mass is 10.1. The summed E-state index contributed by atoms with van der Waals surface area (Å²) in [6.07, 6.45) is 2.15. The number of nitrogens with two attached hydrogens (primary N) is 1. The maximum atomic E-state index is 8.38. The van der Waals surface area contributed by atoms with Crippen LogP contribution < -0.4 is 5.73 Å². The van der Waals surface area contributed by atoms with Gasteiger partial charge in [-0.05, 0) is 19.3 Å². The van der Waals surface area contributed by atoms with Crippen LogP contribution in [0.1, 0.15) is 19.3 Å². The zero-order valence-corrected chi connectivity index (χ0v) is 7.62. The molecule has 0 aliphatic carbocycles. The lowest BCUT2D eigenvalue weighted by Crippen LogP contribution is -2.19. The van der Waals surface area contributed by atoms with Gasteiger partial charge in [0.15, 0.2) is 6.29 Å². The molecule has 0 aliphatic rings. The first-order valence-corrected chi connectivity index (χ1v) is 3.95. The van der Waals surface area contributed by atoms with Gasteiger partial charge < -0.3 is 15.2 Å². The first kappa shape index (κ1) is 11.4. The number of nitriles is 1. The van der Waals surface area contributed by atoms with E-state index in [9.17, 15) is 0 Å². The van der Waals surface area contributed by atoms with Gasteiger partial charge in [0.2, 0.25) is 0 Å². The Morgan fingerprint density at radius 3 is 2.33 bits per heavy atom. The fourth-order valence-corrected chi connectivity index (χ4v) is 0.901. The van der Waals surface area contributed by atoms with Gasteiger partial charge in [-0.2, -0.15) is 5.26 Å². The van der Waals surface area contributed by atoms with Crippen LogP contribution in [0.2, 0.25) is 0 Å². The molecule has 0 spiro atoms. The lowest BCUT2D eigenvalue weighted by molar-refractivity contribution is -0.107. The fraction of sp³-hybridized carbons (Fsp3) is 0.875. The molecule has 0 aromatic carbocycles. The van der Waals surface area contributed by atoms with Crippen LogP contribution in [0.15, 0.2) is 0 Å². The van der Waals surface area contributed by atoms with Gasteiger partial charge in [0.1, 0.15) is 0 Å². The second-order valence-corrected chi connectivity index (χ2v) is 2.57. The molecular weight excluding hydrogens is 156 g/mol. The Hall–Kier alpha value is -0.630. The van der Waals surface area contributed by atoms with E-state index in [1.54, 1.807) is 14.2 Å². The van der Waals surface area contributed by atoms with Crippen LogP contribution in [-0.2, 0) is 9.47 Å². The van der Waals surface area contributed by atoms with Crippen molar-refractivity contribution in [2.24, 2.45) is 5.73 Å². The van der Waals surface area contributed by atoms with Crippen molar-refractivity contribution in [2.75, 3.05) is 14.2 Å². The summed E-state index contributed by atoms with van der Waals surface area (Å²) < 4.78 is 9.94. The van der Waals surface area contributed by atoms with Gasteiger partial charge in [-0.3, -0.25) is 0 Å². The smallest absolute Gasteiger partial charge is 0.156 e. The minimum Gasteiger partial charge on any atom is -0.356 e. The molecule has 0 rings (SSSR count). The van der Waals surface area contributed by atoms with E-state index in [1.807, 2.05) is 6.07 Å². The Morgan fingerprint density at radius 2 is 1.92 bits per heavy atom. The van der Waals surface area contributed by atoms with Crippen molar-refractivity contribution in [1.82, 2.24) is 0 Å². The minimum atomic E-state index is -0.362. The summed E-state index contributed by atoms with van der Waals surface area (Å²) >= 11 is 0. The van der Waals surface area contributed by atoms with Crippen molar-refractivity contribution in [3.05, 3.63) is 0 Å². The molecule has 0 heterocycles. The maximum absolute atomic E-state index is 8.38. The summed E-state index contributed by atoms with van der Waals surface area (Å²) in [6.45, 7) is 0. The molecule has 0 amide bonds. The molecule has 12 heavy (non-hydrogen) atoms. The van der Waals surface area contributed by atoms with E-state index in [-0.39, 0.29) is 12.3 Å². The highest BCUT2D eigenvalue weighted by Gasteiger charge is 2.06. The summed E-state index contributed by atoms with van der Waals surface area (Å²) in [7, 11) is 3.19. The minimum absolute atomic E-state index is 0.170. The van der Waals surface area contributed by atoms with E-state index < -0.39 is 0 Å². The van der Waals surface area contributed by atoms with Gasteiger partial charge in [0, 0.05) is 14.2 Å². The number of hydrogen-bond acceptors (Lipinski definition) is 4. The number of methoxy groups -OCH3 is 2. The molecule has 0 saturated heterocycles. The third-order valence-electron chi connectivity index (χ3n) is 1.65. The Kier molecular flexibility index (Phi) is 6.67. The van der Waals surface area contributed by atoms with Crippen molar-refractivity contribution >= 4 is 0 Å². The largest absolute Gasteiger partial charge is 0.356 e. The van der Waals surface area contributed by atoms with Crippen LogP contribution in [0.25, 0.3) is 0 Å². The van der Waals surface area contributed by atoms with E-state index in [1.165, 1.54) is 0 Å². The monoisotopic (exact) mass is 172 g/mol. The average molecular weight is 172 g/mol. The van der Waals surface area contributed by atoms with Crippen LogP contribution >= 0.6 is 0 Å². The highest BCUT2D eigenvalue weighted by atomic mass is 16.7. The van der Waals surface area contributed by atoms with Gasteiger partial charge in [0.25, 0.3) is 0 Å². The highest BCUT2D eigenvalue weighted by Crippen LogP contribution is 2.05. The third-order valence-corrected chi connectivity index (χ3v) is 1.65. The zero-order valence-electron chi connectivity index (χ0n) is 7.62. The molecule has 1 unspecified atom stereocenters. The standard InChI is InChI=1S/C8H16N2O2/c1-11-8(12-2)5-3-4-7(10)6-9/h7-8H,3-5,10H2,1-2H3. The number of hydrogen-bond donors (Lipinski definition) is 1. The first-order chi connectivity index (χ1) is 5.74. The Morgan fingerprint density at radius 1 is 1.33 bits per heavy atom. The van der Waals surface area contributed by atoms with E-state index >= 15 is 0 Å². The topological polar surface area (TPSA) is 68.3 Å². The van der Waals surface area contributed by atoms with Gasteiger partial charge >= 0.3 is 0 Å². The average Bonchev–Trinajstić information content (AvgIpc) is 2.12. The molecule has 0 aliphatic heterocycles. The Labute approximate surface area is 73.3 Å². The normalized spacial score (nSPS) is 12.9. The lowest BCUT2D eigenvalue weighted by Gasteiger charge is -2.12. The SMILES string of the molecule is COC(CCCC(N)C#N)OC. The summed E-state index contributed by atoms with van der Waals surface area (Å²) in [5.74, 6) is 0. The predicted octanol–water partition coefficient (Wildman–Crippen LogP) is 0.626. The number of ether oxygens (including phenoxy) is 2. The molecule has 2 N–H and O–H groups in total. The molecule has 4 nitrogen and oxygen atoms in total. The number of nitrogens with zero attached hydrogens (tertiary/aromatic N) is 1.